The smallest absolute Gasteiger partial charge is 0.251 e. The summed E-state index contributed by atoms with van der Waals surface area (Å²) in [4.78, 5) is 26.4. The lowest BCUT2D eigenvalue weighted by Crippen LogP contribution is -2.53. The molecule has 1 saturated heterocycles. The van der Waals surface area contributed by atoms with E-state index in [1.807, 2.05) is 28.8 Å². The van der Waals surface area contributed by atoms with E-state index in [1.165, 1.54) is 17.0 Å². The first kappa shape index (κ1) is 19.0. The largest absolute Gasteiger partial charge is 0.356 e. The molecule has 2 unspecified atom stereocenters. The maximum Gasteiger partial charge on any atom is 0.251 e. The molecule has 3 heterocycles. The summed E-state index contributed by atoms with van der Waals surface area (Å²) in [5.41, 5.74) is 1.37. The highest BCUT2D eigenvalue weighted by Crippen LogP contribution is 2.29. The molecule has 0 spiro atoms. The molecule has 8 nitrogen and oxygen atoms in total. The van der Waals surface area contributed by atoms with Crippen molar-refractivity contribution >= 4 is 17.5 Å². The number of nitrogens with zero attached hydrogens (tertiary/aromatic N) is 4. The van der Waals surface area contributed by atoms with Crippen LogP contribution in [0.4, 0.5) is 4.39 Å². The minimum Gasteiger partial charge on any atom is -0.356 e. The third-order valence-corrected chi connectivity index (χ3v) is 4.99. The number of halogens is 1. The van der Waals surface area contributed by atoms with Gasteiger partial charge in [0.05, 0.1) is 6.04 Å². The van der Waals surface area contributed by atoms with Crippen LogP contribution in [0.1, 0.15) is 17.4 Å². The van der Waals surface area contributed by atoms with Gasteiger partial charge in [-0.05, 0) is 29.8 Å². The number of carbonyl (C=O) groups excluding carboxylic acids is 2. The van der Waals surface area contributed by atoms with Crippen LogP contribution in [0.5, 0.6) is 0 Å². The van der Waals surface area contributed by atoms with E-state index in [1.54, 1.807) is 19.2 Å². The number of likely N-dealkylation sites (N-methyl/N-ethyl adjacent to an activating group) is 1. The van der Waals surface area contributed by atoms with Crippen LogP contribution in [0.2, 0.25) is 0 Å². The van der Waals surface area contributed by atoms with E-state index in [0.29, 0.717) is 18.5 Å². The number of aromatic nitrogens is 3. The Labute approximate surface area is 166 Å². The highest BCUT2D eigenvalue weighted by Gasteiger charge is 2.39. The molecule has 0 radical (unpaired) electrons. The third-order valence-electron chi connectivity index (χ3n) is 4.99. The van der Waals surface area contributed by atoms with E-state index in [4.69, 9.17) is 4.74 Å². The Hall–Kier alpha value is -3.33. The summed E-state index contributed by atoms with van der Waals surface area (Å²) >= 11 is 0. The van der Waals surface area contributed by atoms with Crippen molar-refractivity contribution in [1.29, 1.82) is 0 Å². The molecular weight excluding hydrogens is 377 g/mol. The standard InChI is InChI=1S/C20H20FN5O3/c1-25-17(27)12-29-19(18(25)13-5-7-14(21)8-6-13)20(28)22-10-9-16-24-23-15-4-2-3-11-26(15)16/h2-8,11,18-19H,9-10,12H2,1H3,(H,22,28). The number of rotatable bonds is 5. The molecule has 1 fully saturated rings. The molecule has 1 aromatic carbocycles. The fourth-order valence-electron chi connectivity index (χ4n) is 3.45. The third kappa shape index (κ3) is 3.81. The lowest BCUT2D eigenvalue weighted by molar-refractivity contribution is -0.162. The second kappa shape index (κ2) is 7.96. The van der Waals surface area contributed by atoms with Crippen LogP contribution < -0.4 is 5.32 Å². The van der Waals surface area contributed by atoms with Crippen LogP contribution in [0.3, 0.4) is 0 Å². The average molecular weight is 397 g/mol. The van der Waals surface area contributed by atoms with E-state index in [0.717, 1.165) is 11.5 Å². The SMILES string of the molecule is CN1C(=O)COC(C(=O)NCCc2nnc3ccccn23)C1c1ccc(F)cc1. The minimum atomic E-state index is -0.890. The molecule has 29 heavy (non-hydrogen) atoms. The lowest BCUT2D eigenvalue weighted by atomic mass is 9.97. The Morgan fingerprint density at radius 1 is 1.24 bits per heavy atom. The van der Waals surface area contributed by atoms with Gasteiger partial charge in [0, 0.05) is 26.2 Å². The van der Waals surface area contributed by atoms with E-state index in [2.05, 4.69) is 15.5 Å². The van der Waals surface area contributed by atoms with Gasteiger partial charge in [-0.3, -0.25) is 14.0 Å². The molecule has 1 aliphatic heterocycles. The molecule has 0 aliphatic carbocycles. The van der Waals surface area contributed by atoms with Gasteiger partial charge in [-0.25, -0.2) is 4.39 Å². The van der Waals surface area contributed by atoms with E-state index < -0.39 is 12.1 Å². The summed E-state index contributed by atoms with van der Waals surface area (Å²) in [6, 6.07) is 10.7. The van der Waals surface area contributed by atoms with Gasteiger partial charge >= 0.3 is 0 Å². The molecule has 0 saturated carbocycles. The monoisotopic (exact) mass is 397 g/mol. The maximum absolute atomic E-state index is 13.3. The van der Waals surface area contributed by atoms with Crippen molar-refractivity contribution in [3.8, 4) is 0 Å². The Bertz CT molecular complexity index is 1040. The first-order valence-corrected chi connectivity index (χ1v) is 9.23. The molecule has 9 heteroatoms. The van der Waals surface area contributed by atoms with Gasteiger partial charge in [0.2, 0.25) is 5.91 Å². The molecule has 1 aliphatic rings. The molecule has 3 aromatic rings. The number of fused-ring (bicyclic) bond motifs is 1. The number of hydrogen-bond acceptors (Lipinski definition) is 5. The molecule has 2 aromatic heterocycles. The minimum absolute atomic E-state index is 0.179. The number of nitrogens with one attached hydrogen (secondary N) is 1. The van der Waals surface area contributed by atoms with Crippen molar-refractivity contribution in [2.45, 2.75) is 18.6 Å². The quantitative estimate of drug-likeness (QED) is 0.697. The van der Waals surface area contributed by atoms with Crippen molar-refractivity contribution in [3.05, 3.63) is 65.9 Å². The van der Waals surface area contributed by atoms with Crippen LogP contribution in [0.15, 0.2) is 48.7 Å². The summed E-state index contributed by atoms with van der Waals surface area (Å²) < 4.78 is 20.7. The number of benzene rings is 1. The molecule has 0 bridgehead atoms. The van der Waals surface area contributed by atoms with Crippen LogP contribution in [-0.2, 0) is 20.7 Å². The number of amides is 2. The highest BCUT2D eigenvalue weighted by molar-refractivity contribution is 5.86. The van der Waals surface area contributed by atoms with Crippen LogP contribution >= 0.6 is 0 Å². The zero-order valence-electron chi connectivity index (χ0n) is 15.8. The molecule has 2 atom stereocenters. The number of pyridine rings is 1. The number of carbonyl (C=O) groups is 2. The fraction of sp³-hybridized carbons (Fsp3) is 0.300. The Morgan fingerprint density at radius 3 is 2.83 bits per heavy atom. The van der Waals surface area contributed by atoms with E-state index >= 15 is 0 Å². The molecule has 4 rings (SSSR count). The van der Waals surface area contributed by atoms with Gasteiger partial charge in [0.15, 0.2) is 11.8 Å². The van der Waals surface area contributed by atoms with Gasteiger partial charge < -0.3 is 15.0 Å². The average Bonchev–Trinajstić information content (AvgIpc) is 3.14. The van der Waals surface area contributed by atoms with Crippen molar-refractivity contribution in [3.63, 3.8) is 0 Å². The van der Waals surface area contributed by atoms with E-state index in [9.17, 15) is 14.0 Å². The Morgan fingerprint density at radius 2 is 2.03 bits per heavy atom. The molecule has 150 valence electrons. The Kier molecular flexibility index (Phi) is 5.22. The van der Waals surface area contributed by atoms with Gasteiger partial charge in [0.1, 0.15) is 18.2 Å². The van der Waals surface area contributed by atoms with Crippen molar-refractivity contribution in [2.75, 3.05) is 20.2 Å². The molecular formula is C20H20FN5O3. The summed E-state index contributed by atoms with van der Waals surface area (Å²) in [5, 5.41) is 11.1. The van der Waals surface area contributed by atoms with Crippen molar-refractivity contribution < 1.29 is 18.7 Å². The second-order valence-corrected chi connectivity index (χ2v) is 6.82. The number of hydrogen-bond donors (Lipinski definition) is 1. The van der Waals surface area contributed by atoms with Crippen LogP contribution in [0.25, 0.3) is 5.65 Å². The Balaban J connectivity index is 1.45. The first-order valence-electron chi connectivity index (χ1n) is 9.23. The van der Waals surface area contributed by atoms with Gasteiger partial charge in [-0.1, -0.05) is 18.2 Å². The topological polar surface area (TPSA) is 88.8 Å². The van der Waals surface area contributed by atoms with Crippen LogP contribution in [-0.4, -0.2) is 57.6 Å². The summed E-state index contributed by atoms with van der Waals surface area (Å²) in [5.74, 6) is -0.236. The fourth-order valence-corrected chi connectivity index (χ4v) is 3.45. The highest BCUT2D eigenvalue weighted by atomic mass is 19.1. The number of morpholine rings is 1. The number of ether oxygens (including phenoxy) is 1. The molecule has 1 N–H and O–H groups in total. The van der Waals surface area contributed by atoms with Gasteiger partial charge in [-0.15, -0.1) is 10.2 Å². The maximum atomic E-state index is 13.3. The lowest BCUT2D eigenvalue weighted by Gasteiger charge is -2.38. The van der Waals surface area contributed by atoms with E-state index in [-0.39, 0.29) is 24.2 Å². The first-order chi connectivity index (χ1) is 14.0. The van der Waals surface area contributed by atoms with Gasteiger partial charge in [0.25, 0.3) is 5.91 Å². The summed E-state index contributed by atoms with van der Waals surface area (Å²) in [6.07, 6.45) is 1.46. The zero-order chi connectivity index (χ0) is 20.4. The zero-order valence-corrected chi connectivity index (χ0v) is 15.8. The predicted octanol–water partition coefficient (Wildman–Crippen LogP) is 1.13. The summed E-state index contributed by atoms with van der Waals surface area (Å²) in [7, 11) is 1.61. The summed E-state index contributed by atoms with van der Waals surface area (Å²) in [6.45, 7) is 0.156. The van der Waals surface area contributed by atoms with Crippen LogP contribution in [0, 0.1) is 5.82 Å². The second-order valence-electron chi connectivity index (χ2n) is 6.82. The van der Waals surface area contributed by atoms with Gasteiger partial charge in [-0.2, -0.15) is 0 Å². The van der Waals surface area contributed by atoms with Crippen molar-refractivity contribution in [1.82, 2.24) is 24.8 Å². The molecule has 2 amide bonds. The van der Waals surface area contributed by atoms with Crippen molar-refractivity contribution in [2.24, 2.45) is 0 Å². The predicted molar refractivity (Wildman–Crippen MR) is 101 cm³/mol. The normalized spacial score (nSPS) is 19.5.